The van der Waals surface area contributed by atoms with Crippen LogP contribution in [0.4, 0.5) is 0 Å². The Kier molecular flexibility index (Phi) is 7.38. The summed E-state index contributed by atoms with van der Waals surface area (Å²) in [5.74, 6) is 2.60. The van der Waals surface area contributed by atoms with Crippen LogP contribution in [0.5, 0.6) is 0 Å². The number of aliphatic imine (C=N–C) groups is 1. The van der Waals surface area contributed by atoms with Crippen LogP contribution in [0.25, 0.3) is 0 Å². The highest BCUT2D eigenvalue weighted by Gasteiger charge is 2.22. The largest absolute Gasteiger partial charge is 0.356 e. The maximum absolute atomic E-state index is 4.75. The minimum Gasteiger partial charge on any atom is -0.356 e. The van der Waals surface area contributed by atoms with E-state index < -0.39 is 0 Å². The Labute approximate surface area is 171 Å². The molecule has 9 heteroatoms. The van der Waals surface area contributed by atoms with Crippen LogP contribution in [0, 0.1) is 13.8 Å². The van der Waals surface area contributed by atoms with E-state index in [-0.39, 0.29) is 0 Å². The Morgan fingerprint density at radius 3 is 2.86 bits per heavy atom. The first kappa shape index (κ1) is 20.7. The van der Waals surface area contributed by atoms with Crippen molar-refractivity contribution in [2.24, 2.45) is 12.0 Å². The normalized spacial score (nSPS) is 18.0. The van der Waals surface area contributed by atoms with Crippen LogP contribution in [0.3, 0.4) is 0 Å². The topological polar surface area (TPSA) is 83.3 Å². The zero-order valence-corrected chi connectivity index (χ0v) is 18.2. The fourth-order valence-corrected chi connectivity index (χ4v) is 4.26. The van der Waals surface area contributed by atoms with E-state index in [0.29, 0.717) is 12.6 Å². The van der Waals surface area contributed by atoms with Crippen molar-refractivity contribution >= 4 is 17.3 Å². The van der Waals surface area contributed by atoms with Crippen molar-refractivity contribution in [3.63, 3.8) is 0 Å². The van der Waals surface area contributed by atoms with E-state index in [1.54, 1.807) is 11.3 Å². The van der Waals surface area contributed by atoms with Crippen LogP contribution in [0.2, 0.25) is 0 Å². The third-order valence-corrected chi connectivity index (χ3v) is 6.24. The van der Waals surface area contributed by atoms with Crippen molar-refractivity contribution in [1.29, 1.82) is 0 Å². The lowest BCUT2D eigenvalue weighted by Crippen LogP contribution is -2.45. The smallest absolute Gasteiger partial charge is 0.191 e. The molecule has 1 aliphatic heterocycles. The molecule has 1 saturated heterocycles. The van der Waals surface area contributed by atoms with Crippen LogP contribution in [0.1, 0.15) is 41.3 Å². The van der Waals surface area contributed by atoms with Crippen molar-refractivity contribution in [2.75, 3.05) is 26.2 Å². The van der Waals surface area contributed by atoms with E-state index in [1.165, 1.54) is 24.3 Å². The molecule has 0 amide bonds. The van der Waals surface area contributed by atoms with Gasteiger partial charge in [0.2, 0.25) is 0 Å². The maximum Gasteiger partial charge on any atom is 0.191 e. The van der Waals surface area contributed by atoms with Crippen LogP contribution >= 0.6 is 11.3 Å². The number of nitrogens with one attached hydrogen (secondary N) is 2. The van der Waals surface area contributed by atoms with Gasteiger partial charge in [0.1, 0.15) is 12.4 Å². The van der Waals surface area contributed by atoms with Gasteiger partial charge in [-0.05, 0) is 39.8 Å². The van der Waals surface area contributed by atoms with E-state index in [2.05, 4.69) is 44.6 Å². The maximum atomic E-state index is 4.75. The first-order valence-electron chi connectivity index (χ1n) is 10.1. The fourth-order valence-electron chi connectivity index (χ4n) is 3.47. The number of guanidine groups is 1. The summed E-state index contributed by atoms with van der Waals surface area (Å²) in [7, 11) is 1.98. The molecule has 2 N–H and O–H groups in total. The first-order valence-corrected chi connectivity index (χ1v) is 10.9. The summed E-state index contributed by atoms with van der Waals surface area (Å²) in [5.41, 5.74) is 0. The lowest BCUT2D eigenvalue weighted by atomic mass is 10.2. The zero-order valence-electron chi connectivity index (χ0n) is 17.4. The molecule has 154 valence electrons. The monoisotopic (exact) mass is 404 g/mol. The van der Waals surface area contributed by atoms with Crippen molar-refractivity contribution in [3.05, 3.63) is 27.7 Å². The highest BCUT2D eigenvalue weighted by molar-refractivity contribution is 7.11. The predicted octanol–water partition coefficient (Wildman–Crippen LogP) is 1.65. The summed E-state index contributed by atoms with van der Waals surface area (Å²) in [6.07, 6.45) is 5.35. The van der Waals surface area contributed by atoms with Gasteiger partial charge in [-0.25, -0.2) is 9.98 Å². The molecular weight excluding hydrogens is 372 g/mol. The second kappa shape index (κ2) is 9.97. The molecule has 3 rings (SSSR count). The van der Waals surface area contributed by atoms with E-state index in [9.17, 15) is 0 Å². The Morgan fingerprint density at radius 1 is 1.32 bits per heavy atom. The van der Waals surface area contributed by atoms with E-state index in [0.717, 1.165) is 48.7 Å². The lowest BCUT2D eigenvalue weighted by molar-refractivity contribution is 0.267. The molecule has 8 nitrogen and oxygen atoms in total. The number of thiazole rings is 1. The number of rotatable bonds is 8. The second-order valence-electron chi connectivity index (χ2n) is 7.23. The van der Waals surface area contributed by atoms with E-state index >= 15 is 0 Å². The van der Waals surface area contributed by atoms with Gasteiger partial charge in [-0.3, -0.25) is 4.90 Å². The van der Waals surface area contributed by atoms with Gasteiger partial charge >= 0.3 is 0 Å². The van der Waals surface area contributed by atoms with Gasteiger partial charge in [-0.1, -0.05) is 6.92 Å². The summed E-state index contributed by atoms with van der Waals surface area (Å²) < 4.78 is 1.98. The minimum atomic E-state index is 0.505. The highest BCUT2D eigenvalue weighted by Crippen LogP contribution is 2.15. The quantitative estimate of drug-likeness (QED) is 0.514. The molecule has 3 heterocycles. The molecule has 0 radical (unpaired) electrons. The number of likely N-dealkylation sites (tertiary alicyclic amines) is 1. The van der Waals surface area contributed by atoms with Gasteiger partial charge in [0, 0.05) is 43.7 Å². The summed E-state index contributed by atoms with van der Waals surface area (Å²) in [5, 5.41) is 16.5. The second-order valence-corrected chi connectivity index (χ2v) is 8.55. The number of hydrogen-bond acceptors (Lipinski definition) is 6. The van der Waals surface area contributed by atoms with E-state index in [1.807, 2.05) is 24.7 Å². The van der Waals surface area contributed by atoms with Gasteiger partial charge < -0.3 is 15.2 Å². The highest BCUT2D eigenvalue weighted by atomic mass is 32.1. The molecule has 2 aromatic heterocycles. The Hall–Kier alpha value is -2.00. The molecule has 0 saturated carbocycles. The number of aromatic nitrogens is 4. The van der Waals surface area contributed by atoms with Crippen LogP contribution in [-0.4, -0.2) is 62.8 Å². The molecule has 2 aromatic rings. The summed E-state index contributed by atoms with van der Waals surface area (Å²) in [6.45, 7) is 10.8. The molecule has 0 aromatic carbocycles. The van der Waals surface area contributed by atoms with Crippen LogP contribution in [-0.2, 0) is 20.0 Å². The van der Waals surface area contributed by atoms with Gasteiger partial charge in [0.15, 0.2) is 11.8 Å². The molecule has 1 aliphatic rings. The van der Waals surface area contributed by atoms with Gasteiger partial charge in [0.25, 0.3) is 0 Å². The van der Waals surface area contributed by atoms with Crippen molar-refractivity contribution in [3.8, 4) is 0 Å². The van der Waals surface area contributed by atoms with E-state index in [4.69, 9.17) is 4.99 Å². The third kappa shape index (κ3) is 5.51. The minimum absolute atomic E-state index is 0.505. The van der Waals surface area contributed by atoms with Crippen molar-refractivity contribution in [1.82, 2.24) is 35.3 Å². The van der Waals surface area contributed by atoms with Crippen LogP contribution in [0.15, 0.2) is 11.2 Å². The summed E-state index contributed by atoms with van der Waals surface area (Å²) in [4.78, 5) is 13.0. The third-order valence-electron chi connectivity index (χ3n) is 5.27. The molecule has 0 aliphatic carbocycles. The van der Waals surface area contributed by atoms with Crippen molar-refractivity contribution < 1.29 is 0 Å². The standard InChI is InChI=1S/C19H32N8S/c1-5-27-10-6-7-16(27)12-22-19(20-9-8-18-21-11-14(2)28-18)23-13-17-25-24-15(3)26(17)4/h11,16H,5-10,12-13H2,1-4H3,(H2,20,22,23). The van der Waals surface area contributed by atoms with Gasteiger partial charge in [0.05, 0.1) is 5.01 Å². The van der Waals surface area contributed by atoms with Gasteiger partial charge in [-0.2, -0.15) is 0 Å². The Balaban J connectivity index is 1.58. The SMILES string of the molecule is CCN1CCCC1CNC(=NCc1nnc(C)n1C)NCCc1ncc(C)s1. The predicted molar refractivity (Wildman–Crippen MR) is 114 cm³/mol. The number of hydrogen-bond donors (Lipinski definition) is 2. The Bertz CT molecular complexity index is 781. The molecule has 1 atom stereocenters. The lowest BCUT2D eigenvalue weighted by Gasteiger charge is -2.24. The zero-order chi connectivity index (χ0) is 19.9. The average molecular weight is 405 g/mol. The molecule has 1 fully saturated rings. The fraction of sp³-hybridized carbons (Fsp3) is 0.684. The van der Waals surface area contributed by atoms with Crippen molar-refractivity contribution in [2.45, 2.75) is 52.6 Å². The first-order chi connectivity index (χ1) is 13.6. The van der Waals surface area contributed by atoms with Crippen LogP contribution < -0.4 is 10.6 Å². The number of likely N-dealkylation sites (N-methyl/N-ethyl adjacent to an activating group) is 1. The Morgan fingerprint density at radius 2 is 2.18 bits per heavy atom. The van der Waals surface area contributed by atoms with Gasteiger partial charge in [-0.15, -0.1) is 21.5 Å². The molecule has 28 heavy (non-hydrogen) atoms. The summed E-state index contributed by atoms with van der Waals surface area (Å²) >= 11 is 1.75. The molecule has 0 bridgehead atoms. The number of nitrogens with zero attached hydrogens (tertiary/aromatic N) is 6. The average Bonchev–Trinajstić information content (AvgIpc) is 3.39. The number of aryl methyl sites for hydroxylation is 2. The summed E-state index contributed by atoms with van der Waals surface area (Å²) in [6, 6.07) is 0.579. The molecule has 1 unspecified atom stereocenters. The molecular formula is C19H32N8S. The molecule has 0 spiro atoms.